The van der Waals surface area contributed by atoms with Gasteiger partial charge >= 0.3 is 0 Å². The Labute approximate surface area is 178 Å². The number of aromatic amines is 1. The topological polar surface area (TPSA) is 86.8 Å². The Bertz CT molecular complexity index is 1230. The van der Waals surface area contributed by atoms with Crippen LogP contribution in [-0.2, 0) is 0 Å². The maximum atomic E-state index is 13.9. The lowest BCUT2D eigenvalue weighted by molar-refractivity contribution is 0.102. The molecule has 31 heavy (non-hydrogen) atoms. The van der Waals surface area contributed by atoms with Crippen molar-refractivity contribution >= 4 is 28.3 Å². The number of nitrogens with one attached hydrogen (secondary N) is 2. The van der Waals surface area contributed by atoms with Crippen LogP contribution < -0.4 is 10.2 Å². The predicted molar refractivity (Wildman–Crippen MR) is 118 cm³/mol. The maximum absolute atomic E-state index is 13.9. The van der Waals surface area contributed by atoms with Crippen molar-refractivity contribution in [2.45, 2.75) is 19.3 Å². The van der Waals surface area contributed by atoms with Gasteiger partial charge in [0.2, 0.25) is 0 Å². The van der Waals surface area contributed by atoms with E-state index in [4.69, 9.17) is 4.98 Å². The third-order valence-electron chi connectivity index (χ3n) is 5.50. The molecule has 1 saturated heterocycles. The predicted octanol–water partition coefficient (Wildman–Crippen LogP) is 4.40. The fraction of sp³-hybridized carbons (Fsp3) is 0.217. The Morgan fingerprint density at radius 3 is 2.71 bits per heavy atom. The number of halogens is 1. The van der Waals surface area contributed by atoms with E-state index in [1.165, 1.54) is 30.9 Å². The molecule has 5 rings (SSSR count). The van der Waals surface area contributed by atoms with Crippen LogP contribution in [0.1, 0.15) is 29.6 Å². The Balaban J connectivity index is 1.56. The third kappa shape index (κ3) is 3.84. The normalized spacial score (nSPS) is 14.0. The number of aromatic nitrogens is 4. The van der Waals surface area contributed by atoms with E-state index < -0.39 is 5.82 Å². The van der Waals surface area contributed by atoms with Crippen LogP contribution in [0.2, 0.25) is 0 Å². The van der Waals surface area contributed by atoms with Gasteiger partial charge in [0.05, 0.1) is 16.8 Å². The summed E-state index contributed by atoms with van der Waals surface area (Å²) in [4.78, 5) is 24.5. The van der Waals surface area contributed by atoms with Crippen LogP contribution in [0.25, 0.3) is 22.3 Å². The molecule has 0 aliphatic carbocycles. The second-order valence-corrected chi connectivity index (χ2v) is 7.58. The molecule has 8 heteroatoms. The van der Waals surface area contributed by atoms with Gasteiger partial charge in [0.25, 0.3) is 5.91 Å². The van der Waals surface area contributed by atoms with Crippen molar-refractivity contribution in [1.82, 2.24) is 20.2 Å². The molecule has 1 fully saturated rings. The average molecular weight is 416 g/mol. The van der Waals surface area contributed by atoms with Crippen LogP contribution in [0.15, 0.2) is 54.9 Å². The monoisotopic (exact) mass is 416 g/mol. The molecular weight excluding hydrogens is 395 g/mol. The first kappa shape index (κ1) is 19.2. The zero-order valence-corrected chi connectivity index (χ0v) is 16.8. The van der Waals surface area contributed by atoms with Crippen LogP contribution in [0.4, 0.5) is 15.9 Å². The van der Waals surface area contributed by atoms with Crippen molar-refractivity contribution in [1.29, 1.82) is 0 Å². The summed E-state index contributed by atoms with van der Waals surface area (Å²) in [5.41, 5.74) is 2.22. The summed E-state index contributed by atoms with van der Waals surface area (Å²) in [5.74, 6) is 0.332. The largest absolute Gasteiger partial charge is 0.356 e. The number of amides is 1. The number of anilines is 2. The van der Waals surface area contributed by atoms with Gasteiger partial charge in [0.1, 0.15) is 18.0 Å². The second kappa shape index (κ2) is 8.14. The van der Waals surface area contributed by atoms with Crippen LogP contribution in [-0.4, -0.2) is 39.2 Å². The van der Waals surface area contributed by atoms with Gasteiger partial charge in [-0.25, -0.2) is 14.4 Å². The number of carbonyl (C=O) groups excluding carboxylic acids is 1. The van der Waals surface area contributed by atoms with Crippen LogP contribution >= 0.6 is 0 Å². The molecule has 0 spiro atoms. The van der Waals surface area contributed by atoms with E-state index in [2.05, 4.69) is 25.4 Å². The maximum Gasteiger partial charge on any atom is 0.259 e. The number of carbonyl (C=O) groups is 1. The molecule has 1 amide bonds. The molecule has 7 nitrogen and oxygen atoms in total. The lowest BCUT2D eigenvalue weighted by Crippen LogP contribution is -2.32. The number of pyridine rings is 1. The lowest BCUT2D eigenvalue weighted by atomic mass is 10.1. The van der Waals surface area contributed by atoms with Crippen molar-refractivity contribution in [3.05, 3.63) is 66.2 Å². The molecule has 2 aromatic carbocycles. The SMILES string of the molecule is O=C(Nc1ccc(F)cc1-c1ncn[nH]1)c1cc2ccccc2nc1N1CCCCC1. The lowest BCUT2D eigenvalue weighted by Gasteiger charge is -2.29. The Hall–Kier alpha value is -3.81. The van der Waals surface area contributed by atoms with Crippen molar-refractivity contribution < 1.29 is 9.18 Å². The molecule has 0 radical (unpaired) electrons. The van der Waals surface area contributed by atoms with Crippen molar-refractivity contribution in [3.63, 3.8) is 0 Å². The summed E-state index contributed by atoms with van der Waals surface area (Å²) in [6.07, 6.45) is 4.67. The number of para-hydroxylation sites is 1. The molecule has 0 unspecified atom stereocenters. The average Bonchev–Trinajstić information content (AvgIpc) is 3.35. The summed E-state index contributed by atoms with van der Waals surface area (Å²) in [6, 6.07) is 13.8. The number of piperidine rings is 1. The molecule has 1 aliphatic rings. The molecule has 4 aromatic rings. The highest BCUT2D eigenvalue weighted by atomic mass is 19.1. The molecule has 156 valence electrons. The number of nitrogens with zero attached hydrogens (tertiary/aromatic N) is 4. The fourth-order valence-electron chi connectivity index (χ4n) is 3.97. The first-order valence-electron chi connectivity index (χ1n) is 10.3. The number of H-pyrrole nitrogens is 1. The van der Waals surface area contributed by atoms with E-state index in [1.54, 1.807) is 0 Å². The minimum absolute atomic E-state index is 0.300. The van der Waals surface area contributed by atoms with Crippen LogP contribution in [0.3, 0.4) is 0 Å². The van der Waals surface area contributed by atoms with Gasteiger partial charge in [-0.1, -0.05) is 18.2 Å². The minimum atomic E-state index is -0.425. The van der Waals surface area contributed by atoms with Crippen molar-refractivity contribution in [2.75, 3.05) is 23.3 Å². The van der Waals surface area contributed by atoms with Gasteiger partial charge in [0.15, 0.2) is 5.82 Å². The molecule has 0 atom stereocenters. The highest BCUT2D eigenvalue weighted by Gasteiger charge is 2.22. The van der Waals surface area contributed by atoms with Gasteiger partial charge in [-0.2, -0.15) is 5.10 Å². The van der Waals surface area contributed by atoms with E-state index in [9.17, 15) is 9.18 Å². The Kier molecular flexibility index (Phi) is 5.03. The van der Waals surface area contributed by atoms with Crippen LogP contribution in [0, 0.1) is 5.82 Å². The van der Waals surface area contributed by atoms with E-state index in [0.717, 1.165) is 36.8 Å². The molecule has 2 N–H and O–H groups in total. The molecule has 2 aromatic heterocycles. The first-order valence-corrected chi connectivity index (χ1v) is 10.3. The fourth-order valence-corrected chi connectivity index (χ4v) is 3.97. The summed E-state index contributed by atoms with van der Waals surface area (Å²) in [7, 11) is 0. The van der Waals surface area contributed by atoms with Gasteiger partial charge in [-0.05, 0) is 49.6 Å². The Morgan fingerprint density at radius 1 is 1.06 bits per heavy atom. The Morgan fingerprint density at radius 2 is 1.90 bits per heavy atom. The molecule has 0 saturated carbocycles. The third-order valence-corrected chi connectivity index (χ3v) is 5.50. The number of fused-ring (bicyclic) bond motifs is 1. The van der Waals surface area contributed by atoms with Crippen molar-refractivity contribution in [2.24, 2.45) is 0 Å². The number of hydrogen-bond acceptors (Lipinski definition) is 5. The summed E-state index contributed by atoms with van der Waals surface area (Å²) >= 11 is 0. The smallest absolute Gasteiger partial charge is 0.259 e. The van der Waals surface area contributed by atoms with E-state index >= 15 is 0 Å². The molecule has 1 aliphatic heterocycles. The number of hydrogen-bond donors (Lipinski definition) is 2. The van der Waals surface area contributed by atoms with Gasteiger partial charge in [-0.3, -0.25) is 9.89 Å². The zero-order chi connectivity index (χ0) is 21.2. The second-order valence-electron chi connectivity index (χ2n) is 7.58. The van der Waals surface area contributed by atoms with Gasteiger partial charge < -0.3 is 10.2 Å². The van der Waals surface area contributed by atoms with E-state index in [1.807, 2.05) is 30.3 Å². The highest BCUT2D eigenvalue weighted by molar-refractivity contribution is 6.10. The minimum Gasteiger partial charge on any atom is -0.356 e. The van der Waals surface area contributed by atoms with E-state index in [-0.39, 0.29) is 5.91 Å². The molecule has 3 heterocycles. The standard InChI is InChI=1S/C23H21FN6O/c24-16-8-9-20(17(13-16)21-25-14-26-29-21)28-23(31)18-12-15-6-2-3-7-19(15)27-22(18)30-10-4-1-5-11-30/h2-3,6-9,12-14H,1,4-5,10-11H2,(H,28,31)(H,25,26,29). The number of benzene rings is 2. The first-order chi connectivity index (χ1) is 15.2. The van der Waals surface area contributed by atoms with Crippen LogP contribution in [0.5, 0.6) is 0 Å². The molecule has 0 bridgehead atoms. The summed E-state index contributed by atoms with van der Waals surface area (Å²) < 4.78 is 13.9. The highest BCUT2D eigenvalue weighted by Crippen LogP contribution is 2.30. The molecular formula is C23H21FN6O. The quantitative estimate of drug-likeness (QED) is 0.515. The van der Waals surface area contributed by atoms with Crippen molar-refractivity contribution in [3.8, 4) is 11.4 Å². The van der Waals surface area contributed by atoms with Gasteiger partial charge in [0, 0.05) is 24.0 Å². The zero-order valence-electron chi connectivity index (χ0n) is 16.8. The van der Waals surface area contributed by atoms with E-state index in [0.29, 0.717) is 28.5 Å². The van der Waals surface area contributed by atoms with Gasteiger partial charge in [-0.15, -0.1) is 0 Å². The number of rotatable bonds is 4. The summed E-state index contributed by atoms with van der Waals surface area (Å²) in [5, 5.41) is 10.4. The summed E-state index contributed by atoms with van der Waals surface area (Å²) in [6.45, 7) is 1.73.